The minimum Gasteiger partial charge on any atom is -0.253 e. The molecular formula is C12H11N3S. The maximum Gasteiger partial charge on any atom is 0.115 e. The van der Waals surface area contributed by atoms with Gasteiger partial charge in [-0.3, -0.25) is 4.99 Å². The largest absolute Gasteiger partial charge is 0.253 e. The molecule has 0 spiro atoms. The predicted molar refractivity (Wildman–Crippen MR) is 67.6 cm³/mol. The number of aromatic nitrogens is 2. The molecule has 16 heavy (non-hydrogen) atoms. The van der Waals surface area contributed by atoms with E-state index in [4.69, 9.17) is 0 Å². The Bertz CT molecular complexity index is 491. The molecule has 80 valence electrons. The van der Waals surface area contributed by atoms with E-state index in [9.17, 15) is 0 Å². The molecule has 1 aromatic carbocycles. The second-order valence-corrected chi connectivity index (χ2v) is 3.86. The fourth-order valence-corrected chi connectivity index (χ4v) is 1.42. The quantitative estimate of drug-likeness (QED) is 0.635. The number of benzene rings is 1. The van der Waals surface area contributed by atoms with Crippen LogP contribution in [0.3, 0.4) is 0 Å². The van der Waals surface area contributed by atoms with E-state index in [1.54, 1.807) is 12.4 Å². The summed E-state index contributed by atoms with van der Waals surface area (Å²) < 4.78 is 0. The molecule has 1 heterocycles. The lowest BCUT2D eigenvalue weighted by Gasteiger charge is -2.00. The number of hydrogen-bond donors (Lipinski definition) is 1. The van der Waals surface area contributed by atoms with Gasteiger partial charge >= 0.3 is 0 Å². The van der Waals surface area contributed by atoms with Gasteiger partial charge in [-0.2, -0.15) is 0 Å². The summed E-state index contributed by atoms with van der Waals surface area (Å²) in [6.45, 7) is 1.94. The van der Waals surface area contributed by atoms with Crippen LogP contribution in [0, 0.1) is 0 Å². The Kier molecular flexibility index (Phi) is 3.31. The van der Waals surface area contributed by atoms with Gasteiger partial charge in [0.15, 0.2) is 0 Å². The van der Waals surface area contributed by atoms with Crippen molar-refractivity contribution < 1.29 is 0 Å². The molecule has 0 bridgehead atoms. The third kappa shape index (κ3) is 2.67. The van der Waals surface area contributed by atoms with Gasteiger partial charge in [0.2, 0.25) is 0 Å². The van der Waals surface area contributed by atoms with Gasteiger partial charge in [0, 0.05) is 28.6 Å². The fourth-order valence-electron chi connectivity index (χ4n) is 1.27. The number of aliphatic imine (C=N–C) groups is 1. The Morgan fingerprint density at radius 3 is 2.38 bits per heavy atom. The Morgan fingerprint density at radius 1 is 1.12 bits per heavy atom. The van der Waals surface area contributed by atoms with Crippen LogP contribution in [0.2, 0.25) is 0 Å². The first-order valence-electron chi connectivity index (χ1n) is 4.85. The minimum absolute atomic E-state index is 0.896. The van der Waals surface area contributed by atoms with E-state index >= 15 is 0 Å². The Hall–Kier alpha value is -1.68. The van der Waals surface area contributed by atoms with Gasteiger partial charge < -0.3 is 0 Å². The molecule has 1 aromatic heterocycles. The highest BCUT2D eigenvalue weighted by Crippen LogP contribution is 2.16. The fraction of sp³-hybridized carbons (Fsp3) is 0.0833. The number of thiol groups is 1. The van der Waals surface area contributed by atoms with Crippen LogP contribution < -0.4 is 0 Å². The summed E-state index contributed by atoms with van der Waals surface area (Å²) >= 11 is 4.22. The van der Waals surface area contributed by atoms with E-state index in [0.29, 0.717) is 0 Å². The van der Waals surface area contributed by atoms with Crippen LogP contribution in [-0.4, -0.2) is 15.7 Å². The van der Waals surface area contributed by atoms with E-state index in [2.05, 4.69) is 27.6 Å². The highest BCUT2D eigenvalue weighted by Gasteiger charge is 1.97. The van der Waals surface area contributed by atoms with Crippen molar-refractivity contribution in [2.45, 2.75) is 11.8 Å². The van der Waals surface area contributed by atoms with Crippen molar-refractivity contribution in [2.24, 2.45) is 4.99 Å². The van der Waals surface area contributed by atoms with E-state index in [-0.39, 0.29) is 0 Å². The summed E-state index contributed by atoms with van der Waals surface area (Å²) in [5, 5.41) is 0. The van der Waals surface area contributed by atoms with Gasteiger partial charge in [-0.15, -0.1) is 12.6 Å². The third-order valence-corrected chi connectivity index (χ3v) is 2.42. The summed E-state index contributed by atoms with van der Waals surface area (Å²) in [6.07, 6.45) is 5.00. The van der Waals surface area contributed by atoms with Gasteiger partial charge in [0.05, 0.1) is 5.69 Å². The Labute approximate surface area is 99.7 Å². The lowest BCUT2D eigenvalue weighted by Crippen LogP contribution is -1.95. The molecule has 0 saturated heterocycles. The van der Waals surface area contributed by atoms with Crippen LogP contribution in [0.1, 0.15) is 12.5 Å². The van der Waals surface area contributed by atoms with Gasteiger partial charge in [-0.25, -0.2) is 9.97 Å². The summed E-state index contributed by atoms with van der Waals surface area (Å²) in [5.41, 5.74) is 2.73. The molecular weight excluding hydrogens is 218 g/mol. The van der Waals surface area contributed by atoms with Gasteiger partial charge in [0.25, 0.3) is 0 Å². The van der Waals surface area contributed by atoms with Crippen molar-refractivity contribution in [3.63, 3.8) is 0 Å². The summed E-state index contributed by atoms with van der Waals surface area (Å²) in [5.74, 6) is 0. The van der Waals surface area contributed by atoms with Gasteiger partial charge in [-0.05, 0) is 31.2 Å². The number of rotatable bonds is 2. The van der Waals surface area contributed by atoms with Crippen molar-refractivity contribution in [3.8, 4) is 0 Å². The first-order valence-corrected chi connectivity index (χ1v) is 5.30. The van der Waals surface area contributed by atoms with Crippen LogP contribution >= 0.6 is 12.6 Å². The van der Waals surface area contributed by atoms with Gasteiger partial charge in [-0.1, -0.05) is 0 Å². The average molecular weight is 229 g/mol. The Balaban J connectivity index is 2.28. The first-order chi connectivity index (χ1) is 7.75. The zero-order valence-electron chi connectivity index (χ0n) is 8.83. The molecule has 2 aromatic rings. The number of hydrogen-bond acceptors (Lipinski definition) is 4. The highest BCUT2D eigenvalue weighted by atomic mass is 32.1. The maximum atomic E-state index is 4.47. The molecule has 0 aliphatic rings. The molecule has 0 unspecified atom stereocenters. The standard InChI is InChI=1S/C12H11N3S/c1-9(10-6-13-8-14-7-10)15-11-2-4-12(16)5-3-11/h2-8,16H,1H3/b15-9+. The molecule has 0 N–H and O–H groups in total. The molecule has 0 fully saturated rings. The van der Waals surface area contributed by atoms with E-state index < -0.39 is 0 Å². The molecule has 3 nitrogen and oxygen atoms in total. The Morgan fingerprint density at radius 2 is 1.75 bits per heavy atom. The SMILES string of the molecule is C/C(=N\c1ccc(S)cc1)c1cncnc1. The lowest BCUT2D eigenvalue weighted by molar-refractivity contribution is 1.16. The van der Waals surface area contributed by atoms with E-state index in [1.165, 1.54) is 6.33 Å². The predicted octanol–water partition coefficient (Wildman–Crippen LogP) is 2.91. The lowest BCUT2D eigenvalue weighted by atomic mass is 10.2. The highest BCUT2D eigenvalue weighted by molar-refractivity contribution is 7.80. The molecule has 4 heteroatoms. The number of nitrogens with zero attached hydrogens (tertiary/aromatic N) is 3. The van der Waals surface area contributed by atoms with E-state index in [0.717, 1.165) is 21.9 Å². The molecule has 0 radical (unpaired) electrons. The van der Waals surface area contributed by atoms with Crippen LogP contribution in [0.25, 0.3) is 0 Å². The van der Waals surface area contributed by atoms with Crippen LogP contribution in [0.4, 0.5) is 5.69 Å². The molecule has 0 saturated carbocycles. The molecule has 0 amide bonds. The van der Waals surface area contributed by atoms with Crippen molar-refractivity contribution in [2.75, 3.05) is 0 Å². The maximum absolute atomic E-state index is 4.47. The minimum atomic E-state index is 0.896. The normalized spacial score (nSPS) is 11.5. The molecule has 0 aliphatic heterocycles. The zero-order chi connectivity index (χ0) is 11.4. The summed E-state index contributed by atoms with van der Waals surface area (Å²) in [4.78, 5) is 13.3. The molecule has 2 rings (SSSR count). The van der Waals surface area contributed by atoms with Crippen LogP contribution in [0.5, 0.6) is 0 Å². The first kappa shape index (κ1) is 10.8. The monoisotopic (exact) mass is 229 g/mol. The van der Waals surface area contributed by atoms with Gasteiger partial charge in [0.1, 0.15) is 6.33 Å². The van der Waals surface area contributed by atoms with Crippen LogP contribution in [-0.2, 0) is 0 Å². The second-order valence-electron chi connectivity index (χ2n) is 3.34. The zero-order valence-corrected chi connectivity index (χ0v) is 9.72. The van der Waals surface area contributed by atoms with Crippen LogP contribution in [0.15, 0.2) is 52.9 Å². The molecule has 0 atom stereocenters. The molecule has 0 aliphatic carbocycles. The van der Waals surface area contributed by atoms with Crippen molar-refractivity contribution in [1.29, 1.82) is 0 Å². The summed E-state index contributed by atoms with van der Waals surface area (Å²) in [6, 6.07) is 7.68. The second kappa shape index (κ2) is 4.90. The van der Waals surface area contributed by atoms with E-state index in [1.807, 2.05) is 31.2 Å². The average Bonchev–Trinajstić information content (AvgIpc) is 2.33. The summed E-state index contributed by atoms with van der Waals surface area (Å²) in [7, 11) is 0. The van der Waals surface area contributed by atoms with Crippen molar-refractivity contribution >= 4 is 24.0 Å². The smallest absolute Gasteiger partial charge is 0.115 e. The van der Waals surface area contributed by atoms with Crippen molar-refractivity contribution in [1.82, 2.24) is 9.97 Å². The third-order valence-electron chi connectivity index (χ3n) is 2.12. The van der Waals surface area contributed by atoms with Crippen molar-refractivity contribution in [3.05, 3.63) is 48.5 Å². The topological polar surface area (TPSA) is 38.1 Å².